The zero-order valence-electron chi connectivity index (χ0n) is 13.3. The molecular formula is C17H21N5O. The molecule has 23 heavy (non-hydrogen) atoms. The molecule has 1 fully saturated rings. The van der Waals surface area contributed by atoms with Gasteiger partial charge in [0.2, 0.25) is 5.91 Å². The molecule has 0 bridgehead atoms. The first-order chi connectivity index (χ1) is 11.2. The van der Waals surface area contributed by atoms with Gasteiger partial charge < -0.3 is 10.2 Å². The van der Waals surface area contributed by atoms with Crippen molar-refractivity contribution in [1.29, 1.82) is 0 Å². The van der Waals surface area contributed by atoms with Crippen molar-refractivity contribution in [2.24, 2.45) is 0 Å². The van der Waals surface area contributed by atoms with E-state index in [0.717, 1.165) is 37.6 Å². The van der Waals surface area contributed by atoms with Gasteiger partial charge in [-0.25, -0.2) is 0 Å². The summed E-state index contributed by atoms with van der Waals surface area (Å²) in [6, 6.07) is 7.73. The van der Waals surface area contributed by atoms with Crippen LogP contribution in [0.2, 0.25) is 0 Å². The molecule has 1 aliphatic rings. The molecule has 6 nitrogen and oxygen atoms in total. The van der Waals surface area contributed by atoms with Crippen LogP contribution in [0.3, 0.4) is 0 Å². The predicted octanol–water partition coefficient (Wildman–Crippen LogP) is 1.55. The van der Waals surface area contributed by atoms with Gasteiger partial charge in [0.05, 0.1) is 6.54 Å². The van der Waals surface area contributed by atoms with Crippen LogP contribution in [-0.2, 0) is 4.79 Å². The third-order valence-corrected chi connectivity index (χ3v) is 3.95. The summed E-state index contributed by atoms with van der Waals surface area (Å²) < 4.78 is 0. The van der Waals surface area contributed by atoms with E-state index in [1.807, 2.05) is 43.6 Å². The topological polar surface area (TPSA) is 61.4 Å². The Morgan fingerprint density at radius 1 is 1.13 bits per heavy atom. The van der Waals surface area contributed by atoms with Gasteiger partial charge in [-0.2, -0.15) is 0 Å². The summed E-state index contributed by atoms with van der Waals surface area (Å²) in [5.41, 5.74) is 2.89. The summed E-state index contributed by atoms with van der Waals surface area (Å²) in [6.45, 7) is 5.94. The molecule has 1 aliphatic heterocycles. The minimum Gasteiger partial charge on any atom is -0.369 e. The normalized spacial score (nSPS) is 15.4. The molecular weight excluding hydrogens is 290 g/mol. The summed E-state index contributed by atoms with van der Waals surface area (Å²) in [4.78, 5) is 24.8. The van der Waals surface area contributed by atoms with Crippen LogP contribution in [0.15, 0.2) is 42.9 Å². The highest BCUT2D eigenvalue weighted by Crippen LogP contribution is 2.14. The molecule has 0 unspecified atom stereocenters. The molecule has 1 amide bonds. The van der Waals surface area contributed by atoms with Crippen LogP contribution in [0, 0.1) is 6.92 Å². The molecule has 0 saturated carbocycles. The highest BCUT2D eigenvalue weighted by atomic mass is 16.2. The van der Waals surface area contributed by atoms with E-state index in [0.29, 0.717) is 6.54 Å². The summed E-state index contributed by atoms with van der Waals surface area (Å²) >= 11 is 0. The molecule has 1 N–H and O–H groups in total. The first-order valence-electron chi connectivity index (χ1n) is 7.80. The number of pyridine rings is 2. The second-order valence-electron chi connectivity index (χ2n) is 5.70. The number of aryl methyl sites for hydroxylation is 1. The second-order valence-corrected chi connectivity index (χ2v) is 5.70. The molecule has 0 aliphatic carbocycles. The number of hydrogen-bond acceptors (Lipinski definition) is 5. The third kappa shape index (κ3) is 4.26. The van der Waals surface area contributed by atoms with E-state index in [-0.39, 0.29) is 5.91 Å². The molecule has 1 saturated heterocycles. The Kier molecular flexibility index (Phi) is 4.83. The maximum absolute atomic E-state index is 12.1. The molecule has 120 valence electrons. The SMILES string of the molecule is Cc1cc(NC(=O)CN2CCN(c3ccncc3)CC2)ccn1. The Balaban J connectivity index is 1.48. The summed E-state index contributed by atoms with van der Waals surface area (Å²) in [6.07, 6.45) is 5.33. The second kappa shape index (κ2) is 7.19. The number of anilines is 2. The zero-order chi connectivity index (χ0) is 16.1. The molecule has 0 aromatic carbocycles. The summed E-state index contributed by atoms with van der Waals surface area (Å²) in [7, 11) is 0. The Labute approximate surface area is 136 Å². The molecule has 2 aromatic rings. The molecule has 3 heterocycles. The quantitative estimate of drug-likeness (QED) is 0.928. The van der Waals surface area contributed by atoms with Crippen molar-refractivity contribution >= 4 is 17.3 Å². The van der Waals surface area contributed by atoms with Gasteiger partial charge in [-0.1, -0.05) is 0 Å². The zero-order valence-corrected chi connectivity index (χ0v) is 13.3. The number of carbonyl (C=O) groups excluding carboxylic acids is 1. The van der Waals surface area contributed by atoms with E-state index in [1.54, 1.807) is 6.20 Å². The van der Waals surface area contributed by atoms with Crippen LogP contribution >= 0.6 is 0 Å². The van der Waals surface area contributed by atoms with Crippen LogP contribution in [0.1, 0.15) is 5.69 Å². The van der Waals surface area contributed by atoms with Gasteiger partial charge in [0, 0.05) is 61.8 Å². The lowest BCUT2D eigenvalue weighted by atomic mass is 10.2. The Hall–Kier alpha value is -2.47. The van der Waals surface area contributed by atoms with E-state index in [2.05, 4.69) is 25.1 Å². The third-order valence-electron chi connectivity index (χ3n) is 3.95. The minimum absolute atomic E-state index is 0.0213. The minimum atomic E-state index is 0.0213. The molecule has 3 rings (SSSR count). The maximum atomic E-state index is 12.1. The van der Waals surface area contributed by atoms with Crippen molar-refractivity contribution in [1.82, 2.24) is 14.9 Å². The maximum Gasteiger partial charge on any atom is 0.238 e. The fourth-order valence-corrected chi connectivity index (χ4v) is 2.75. The van der Waals surface area contributed by atoms with Crippen molar-refractivity contribution < 1.29 is 4.79 Å². The van der Waals surface area contributed by atoms with Crippen molar-refractivity contribution in [3.63, 3.8) is 0 Å². The average Bonchev–Trinajstić information content (AvgIpc) is 2.56. The van der Waals surface area contributed by atoms with Gasteiger partial charge in [0.15, 0.2) is 0 Å². The van der Waals surface area contributed by atoms with Gasteiger partial charge in [0.1, 0.15) is 0 Å². The van der Waals surface area contributed by atoms with Gasteiger partial charge in [-0.3, -0.25) is 19.7 Å². The molecule has 0 radical (unpaired) electrons. The van der Waals surface area contributed by atoms with E-state index >= 15 is 0 Å². The Bertz CT molecular complexity index is 653. The van der Waals surface area contributed by atoms with Gasteiger partial charge >= 0.3 is 0 Å². The highest BCUT2D eigenvalue weighted by molar-refractivity contribution is 5.92. The Morgan fingerprint density at radius 3 is 2.57 bits per heavy atom. The van der Waals surface area contributed by atoms with Crippen molar-refractivity contribution in [3.8, 4) is 0 Å². The number of aromatic nitrogens is 2. The van der Waals surface area contributed by atoms with Crippen LogP contribution in [0.25, 0.3) is 0 Å². The van der Waals surface area contributed by atoms with E-state index < -0.39 is 0 Å². The van der Waals surface area contributed by atoms with Gasteiger partial charge in [-0.05, 0) is 31.2 Å². The molecule has 0 atom stereocenters. The van der Waals surface area contributed by atoms with E-state index in [1.165, 1.54) is 5.69 Å². The van der Waals surface area contributed by atoms with Crippen molar-refractivity contribution in [3.05, 3.63) is 48.5 Å². The van der Waals surface area contributed by atoms with Crippen LogP contribution in [0.5, 0.6) is 0 Å². The van der Waals surface area contributed by atoms with Gasteiger partial charge in [0.25, 0.3) is 0 Å². The van der Waals surface area contributed by atoms with E-state index in [9.17, 15) is 4.79 Å². The standard InChI is InChI=1S/C17H21N5O/c1-14-12-15(2-7-19-14)20-17(23)13-21-8-10-22(11-9-21)16-3-5-18-6-4-16/h2-7,12H,8-11,13H2,1H3,(H,19,20,23). The Morgan fingerprint density at radius 2 is 1.87 bits per heavy atom. The summed E-state index contributed by atoms with van der Waals surface area (Å²) in [5, 5.41) is 2.93. The summed E-state index contributed by atoms with van der Waals surface area (Å²) in [5.74, 6) is 0.0213. The van der Waals surface area contributed by atoms with Crippen LogP contribution in [-0.4, -0.2) is 53.5 Å². The first-order valence-corrected chi connectivity index (χ1v) is 7.80. The molecule has 6 heteroatoms. The lowest BCUT2D eigenvalue weighted by molar-refractivity contribution is -0.117. The monoisotopic (exact) mass is 311 g/mol. The fraction of sp³-hybridized carbons (Fsp3) is 0.353. The smallest absolute Gasteiger partial charge is 0.238 e. The average molecular weight is 311 g/mol. The van der Waals surface area contributed by atoms with Gasteiger partial charge in [-0.15, -0.1) is 0 Å². The molecule has 0 spiro atoms. The van der Waals surface area contributed by atoms with Crippen LogP contribution in [0.4, 0.5) is 11.4 Å². The number of amides is 1. The lowest BCUT2D eigenvalue weighted by Gasteiger charge is -2.35. The lowest BCUT2D eigenvalue weighted by Crippen LogP contribution is -2.48. The number of hydrogen-bond donors (Lipinski definition) is 1. The number of nitrogens with zero attached hydrogens (tertiary/aromatic N) is 4. The largest absolute Gasteiger partial charge is 0.369 e. The number of piperazine rings is 1. The van der Waals surface area contributed by atoms with Crippen molar-refractivity contribution in [2.75, 3.05) is 42.9 Å². The number of rotatable bonds is 4. The molecule has 2 aromatic heterocycles. The fourth-order valence-electron chi connectivity index (χ4n) is 2.75. The van der Waals surface area contributed by atoms with Crippen LogP contribution < -0.4 is 10.2 Å². The first kappa shape index (κ1) is 15.4. The van der Waals surface area contributed by atoms with E-state index in [4.69, 9.17) is 0 Å². The van der Waals surface area contributed by atoms with Crippen molar-refractivity contribution in [2.45, 2.75) is 6.92 Å². The number of carbonyl (C=O) groups is 1. The number of nitrogens with one attached hydrogen (secondary N) is 1. The predicted molar refractivity (Wildman–Crippen MR) is 90.5 cm³/mol. The highest BCUT2D eigenvalue weighted by Gasteiger charge is 2.19.